The lowest BCUT2D eigenvalue weighted by atomic mass is 10.1. The van der Waals surface area contributed by atoms with Gasteiger partial charge in [0.1, 0.15) is 18.0 Å². The van der Waals surface area contributed by atoms with Crippen molar-refractivity contribution in [3.8, 4) is 5.75 Å². The van der Waals surface area contributed by atoms with Crippen molar-refractivity contribution in [2.24, 2.45) is 0 Å². The lowest BCUT2D eigenvalue weighted by molar-refractivity contribution is 0.0887. The van der Waals surface area contributed by atoms with Crippen molar-refractivity contribution in [1.29, 1.82) is 0 Å². The molecule has 0 radical (unpaired) electrons. The Hall–Kier alpha value is -2.14. The molecule has 1 fully saturated rings. The van der Waals surface area contributed by atoms with Gasteiger partial charge in [-0.3, -0.25) is 0 Å². The van der Waals surface area contributed by atoms with Crippen LogP contribution in [0.15, 0.2) is 42.5 Å². The molecule has 1 heterocycles. The van der Waals surface area contributed by atoms with Crippen LogP contribution in [0.4, 0.5) is 14.5 Å². The molecular formula is C20H23F2NO2. The van der Waals surface area contributed by atoms with Crippen LogP contribution >= 0.6 is 0 Å². The minimum atomic E-state index is -0.567. The number of hydrogen-bond donors (Lipinski definition) is 0. The van der Waals surface area contributed by atoms with Gasteiger partial charge in [0.2, 0.25) is 0 Å². The average molecular weight is 347 g/mol. The minimum absolute atomic E-state index is 0.0624. The van der Waals surface area contributed by atoms with Crippen LogP contribution in [0.25, 0.3) is 0 Å². The van der Waals surface area contributed by atoms with Gasteiger partial charge in [-0.25, -0.2) is 8.78 Å². The number of nitrogens with zero attached hydrogens (tertiary/aromatic N) is 1. The van der Waals surface area contributed by atoms with Gasteiger partial charge in [0, 0.05) is 25.2 Å². The van der Waals surface area contributed by atoms with E-state index in [9.17, 15) is 8.78 Å². The summed E-state index contributed by atoms with van der Waals surface area (Å²) in [6, 6.07) is 12.3. The SMILES string of the molecule is Fc1cc(OCCOCc2ccccc2)cc(F)c1N1CCCCC1. The van der Waals surface area contributed by atoms with Gasteiger partial charge in [-0.05, 0) is 24.8 Å². The highest BCUT2D eigenvalue weighted by atomic mass is 19.1. The molecule has 0 amide bonds. The molecule has 3 rings (SSSR count). The number of anilines is 1. The molecular weight excluding hydrogens is 324 g/mol. The maximum atomic E-state index is 14.3. The third kappa shape index (κ3) is 4.92. The molecule has 0 aliphatic carbocycles. The highest BCUT2D eigenvalue weighted by Gasteiger charge is 2.20. The van der Waals surface area contributed by atoms with Crippen molar-refractivity contribution < 1.29 is 18.3 Å². The van der Waals surface area contributed by atoms with Crippen molar-refractivity contribution in [2.75, 3.05) is 31.2 Å². The summed E-state index contributed by atoms with van der Waals surface area (Å²) in [5, 5.41) is 0. The first kappa shape index (κ1) is 17.7. The van der Waals surface area contributed by atoms with Gasteiger partial charge in [-0.1, -0.05) is 30.3 Å². The Balaban J connectivity index is 1.49. The number of benzene rings is 2. The van der Waals surface area contributed by atoms with E-state index >= 15 is 0 Å². The molecule has 0 saturated carbocycles. The number of rotatable bonds is 7. The van der Waals surface area contributed by atoms with E-state index in [2.05, 4.69) is 0 Å². The van der Waals surface area contributed by atoms with Gasteiger partial charge in [-0.2, -0.15) is 0 Å². The molecule has 0 bridgehead atoms. The second-order valence-electron chi connectivity index (χ2n) is 6.17. The van der Waals surface area contributed by atoms with Gasteiger partial charge in [0.15, 0.2) is 11.6 Å². The summed E-state index contributed by atoms with van der Waals surface area (Å²) < 4.78 is 39.5. The highest BCUT2D eigenvalue weighted by Crippen LogP contribution is 2.30. The monoisotopic (exact) mass is 347 g/mol. The average Bonchev–Trinajstić information content (AvgIpc) is 2.63. The van der Waals surface area contributed by atoms with Crippen molar-refractivity contribution in [3.63, 3.8) is 0 Å². The Kier molecular flexibility index (Phi) is 6.23. The Morgan fingerprint density at radius 1 is 0.880 bits per heavy atom. The molecule has 1 saturated heterocycles. The van der Waals surface area contributed by atoms with Gasteiger partial charge < -0.3 is 14.4 Å². The summed E-state index contributed by atoms with van der Waals surface area (Å²) in [5.74, 6) is -0.941. The maximum absolute atomic E-state index is 14.3. The van der Waals surface area contributed by atoms with E-state index in [1.165, 1.54) is 12.1 Å². The summed E-state index contributed by atoms with van der Waals surface area (Å²) in [4.78, 5) is 1.78. The van der Waals surface area contributed by atoms with E-state index in [1.54, 1.807) is 4.90 Å². The summed E-state index contributed by atoms with van der Waals surface area (Å²) in [7, 11) is 0. The molecule has 2 aromatic carbocycles. The Morgan fingerprint density at radius 2 is 1.56 bits per heavy atom. The quantitative estimate of drug-likeness (QED) is 0.686. The van der Waals surface area contributed by atoms with Crippen molar-refractivity contribution in [1.82, 2.24) is 0 Å². The Labute approximate surface area is 147 Å². The summed E-state index contributed by atoms with van der Waals surface area (Å²) >= 11 is 0. The third-order valence-corrected chi connectivity index (χ3v) is 4.27. The van der Waals surface area contributed by atoms with E-state index in [4.69, 9.17) is 9.47 Å². The summed E-state index contributed by atoms with van der Waals surface area (Å²) in [6.07, 6.45) is 3.05. The minimum Gasteiger partial charge on any atom is -0.491 e. The number of ether oxygens (including phenoxy) is 2. The van der Waals surface area contributed by atoms with Crippen LogP contribution in [0.2, 0.25) is 0 Å². The molecule has 0 N–H and O–H groups in total. The first-order chi connectivity index (χ1) is 12.2. The van der Waals surface area contributed by atoms with Crippen LogP contribution in [0.1, 0.15) is 24.8 Å². The van der Waals surface area contributed by atoms with Gasteiger partial charge in [-0.15, -0.1) is 0 Å². The molecule has 0 unspecified atom stereocenters. The van der Waals surface area contributed by atoms with Crippen molar-refractivity contribution in [2.45, 2.75) is 25.9 Å². The van der Waals surface area contributed by atoms with E-state index in [-0.39, 0.29) is 18.0 Å². The third-order valence-electron chi connectivity index (χ3n) is 4.27. The molecule has 3 nitrogen and oxygen atoms in total. The zero-order valence-electron chi connectivity index (χ0n) is 14.2. The van der Waals surface area contributed by atoms with E-state index in [0.29, 0.717) is 26.3 Å². The Bertz CT molecular complexity index is 650. The first-order valence-corrected chi connectivity index (χ1v) is 8.72. The lowest BCUT2D eigenvalue weighted by Gasteiger charge is -2.29. The molecule has 134 valence electrons. The van der Waals surface area contributed by atoms with Crippen LogP contribution in [-0.2, 0) is 11.3 Å². The Morgan fingerprint density at radius 3 is 2.24 bits per heavy atom. The fraction of sp³-hybridized carbons (Fsp3) is 0.400. The van der Waals surface area contributed by atoms with Crippen LogP contribution in [0.3, 0.4) is 0 Å². The predicted octanol–water partition coefficient (Wildman–Crippen LogP) is 4.55. The standard InChI is InChI=1S/C20H23F2NO2/c21-18-13-17(14-19(22)20(18)23-9-5-2-6-10-23)25-12-11-24-15-16-7-3-1-4-8-16/h1,3-4,7-8,13-14H,2,5-6,9-12,15H2. The van der Waals surface area contributed by atoms with E-state index < -0.39 is 11.6 Å². The van der Waals surface area contributed by atoms with Gasteiger partial charge in [0.05, 0.1) is 13.2 Å². The second kappa shape index (κ2) is 8.81. The second-order valence-corrected chi connectivity index (χ2v) is 6.17. The van der Waals surface area contributed by atoms with Crippen LogP contribution in [0, 0.1) is 11.6 Å². The van der Waals surface area contributed by atoms with Gasteiger partial charge in [0.25, 0.3) is 0 Å². The highest BCUT2D eigenvalue weighted by molar-refractivity contribution is 5.52. The molecule has 0 spiro atoms. The van der Waals surface area contributed by atoms with Gasteiger partial charge >= 0.3 is 0 Å². The normalized spacial score (nSPS) is 14.6. The topological polar surface area (TPSA) is 21.7 Å². The molecule has 25 heavy (non-hydrogen) atoms. The summed E-state index contributed by atoms with van der Waals surface area (Å²) in [6.45, 7) is 2.48. The number of piperidine rings is 1. The molecule has 1 aliphatic heterocycles. The fourth-order valence-corrected chi connectivity index (χ4v) is 3.03. The molecule has 0 aromatic heterocycles. The maximum Gasteiger partial charge on any atom is 0.153 e. The predicted molar refractivity (Wildman–Crippen MR) is 94.0 cm³/mol. The molecule has 1 aliphatic rings. The fourth-order valence-electron chi connectivity index (χ4n) is 3.03. The van der Waals surface area contributed by atoms with Crippen molar-refractivity contribution >= 4 is 5.69 Å². The smallest absolute Gasteiger partial charge is 0.153 e. The first-order valence-electron chi connectivity index (χ1n) is 8.72. The summed E-state index contributed by atoms with van der Waals surface area (Å²) in [5.41, 5.74) is 1.14. The number of halogens is 2. The van der Waals surface area contributed by atoms with Crippen LogP contribution < -0.4 is 9.64 Å². The van der Waals surface area contributed by atoms with Crippen LogP contribution in [-0.4, -0.2) is 26.3 Å². The largest absolute Gasteiger partial charge is 0.491 e. The zero-order chi connectivity index (χ0) is 17.5. The number of hydrogen-bond acceptors (Lipinski definition) is 3. The zero-order valence-corrected chi connectivity index (χ0v) is 14.2. The molecule has 0 atom stereocenters. The molecule has 2 aromatic rings. The van der Waals surface area contributed by atoms with Crippen LogP contribution in [0.5, 0.6) is 5.75 Å². The molecule has 5 heteroatoms. The van der Waals surface area contributed by atoms with E-state index in [0.717, 1.165) is 24.8 Å². The van der Waals surface area contributed by atoms with Crippen molar-refractivity contribution in [3.05, 3.63) is 59.7 Å². The van der Waals surface area contributed by atoms with E-state index in [1.807, 2.05) is 30.3 Å². The lowest BCUT2D eigenvalue weighted by Crippen LogP contribution is -2.31.